The Morgan fingerprint density at radius 3 is 2.50 bits per heavy atom. The predicted octanol–water partition coefficient (Wildman–Crippen LogP) is 2.49. The van der Waals surface area contributed by atoms with E-state index >= 15 is 0 Å². The topological polar surface area (TPSA) is 52.6 Å². The minimum absolute atomic E-state index is 0.291. The van der Waals surface area contributed by atoms with Crippen LogP contribution in [-0.2, 0) is 19.1 Å². The Morgan fingerprint density at radius 2 is 1.94 bits per heavy atom. The molecule has 0 saturated heterocycles. The number of carbonyl (C=O) groups excluding carboxylic acids is 2. The Labute approximate surface area is 117 Å². The van der Waals surface area contributed by atoms with E-state index < -0.39 is 38.3 Å². The summed E-state index contributed by atoms with van der Waals surface area (Å²) in [6, 6.07) is 0. The van der Waals surface area contributed by atoms with Gasteiger partial charge in [0.1, 0.15) is 9.18 Å². The highest BCUT2D eigenvalue weighted by Crippen LogP contribution is 2.27. The number of carbonyl (C=O) groups is 2. The molecule has 0 radical (unpaired) electrons. The highest BCUT2D eigenvalue weighted by Gasteiger charge is 2.25. The Hall–Kier alpha value is -0.980. The van der Waals surface area contributed by atoms with Crippen molar-refractivity contribution in [2.75, 3.05) is 6.61 Å². The van der Waals surface area contributed by atoms with E-state index in [0.29, 0.717) is 15.8 Å². The lowest BCUT2D eigenvalue weighted by atomic mass is 10.2. The van der Waals surface area contributed by atoms with Crippen LogP contribution in [0, 0.1) is 0 Å². The van der Waals surface area contributed by atoms with Crippen molar-refractivity contribution in [1.82, 2.24) is 0 Å². The first-order chi connectivity index (χ1) is 8.35. The third-order valence-electron chi connectivity index (χ3n) is 1.82. The van der Waals surface area contributed by atoms with E-state index in [9.17, 15) is 9.59 Å². The summed E-state index contributed by atoms with van der Waals surface area (Å²) < 4.78 is 12.6. The first-order valence-electron chi connectivity index (χ1n) is 5.63. The van der Waals surface area contributed by atoms with E-state index in [0.717, 1.165) is 0 Å². The van der Waals surface area contributed by atoms with E-state index in [1.165, 1.54) is 0 Å². The van der Waals surface area contributed by atoms with Gasteiger partial charge in [-0.15, -0.1) is 0 Å². The van der Waals surface area contributed by atoms with Gasteiger partial charge in [-0.3, -0.25) is 0 Å². The monoisotopic (exact) mass is 364 g/mol. The smallest absolute Gasteiger partial charge is 0.345 e. The van der Waals surface area contributed by atoms with Crippen molar-refractivity contribution in [3.63, 3.8) is 0 Å². The second kappa shape index (κ2) is 6.26. The molecule has 0 spiro atoms. The molecule has 0 fully saturated rings. The molecule has 0 aromatic carbocycles. The van der Waals surface area contributed by atoms with Crippen molar-refractivity contribution in [3.8, 4) is 0 Å². The molecular formula is C13H17IO4. The maximum Gasteiger partial charge on any atom is 0.345 e. The van der Waals surface area contributed by atoms with Crippen LogP contribution in [0.1, 0.15) is 27.7 Å². The molecule has 1 aliphatic heterocycles. The maximum absolute atomic E-state index is 12.0. The quantitative estimate of drug-likeness (QED) is 0.571. The summed E-state index contributed by atoms with van der Waals surface area (Å²) in [5.74, 6) is -0.874. The van der Waals surface area contributed by atoms with Gasteiger partial charge in [-0.1, -0.05) is 26.8 Å². The van der Waals surface area contributed by atoms with Gasteiger partial charge >= 0.3 is 11.9 Å². The molecule has 100 valence electrons. The normalized spacial score (nSPS) is 15.1. The van der Waals surface area contributed by atoms with Gasteiger partial charge in [0.2, 0.25) is 0 Å². The number of rotatable bonds is 3. The second-order valence-electron chi connectivity index (χ2n) is 4.54. The fraction of sp³-hybridized carbons (Fsp3) is 0.462. The van der Waals surface area contributed by atoms with E-state index in [-0.39, 0.29) is 0 Å². The third kappa shape index (κ3) is 4.36. The fourth-order valence-electron chi connectivity index (χ4n) is 1.21. The Morgan fingerprint density at radius 1 is 1.28 bits per heavy atom. The average Bonchev–Trinajstić information content (AvgIpc) is 2.27. The van der Waals surface area contributed by atoms with Gasteiger partial charge in [-0.25, -0.2) is 9.59 Å². The van der Waals surface area contributed by atoms with E-state index in [2.05, 4.69) is 0 Å². The van der Waals surface area contributed by atoms with E-state index in [1.807, 2.05) is 4.01 Å². The van der Waals surface area contributed by atoms with Crippen molar-refractivity contribution < 1.29 is 19.1 Å². The molecule has 1 aliphatic rings. The van der Waals surface area contributed by atoms with Crippen LogP contribution in [0.4, 0.5) is 0 Å². The highest BCUT2D eigenvalue weighted by atomic mass is 127. The third-order valence-corrected chi connectivity index (χ3v) is 4.24. The summed E-state index contributed by atoms with van der Waals surface area (Å²) >= 11 is -0.639. The van der Waals surface area contributed by atoms with Gasteiger partial charge in [-0.05, 0) is 37.8 Å². The van der Waals surface area contributed by atoms with Crippen LogP contribution < -0.4 is 0 Å². The molecule has 0 saturated carbocycles. The average molecular weight is 364 g/mol. The molecule has 0 N–H and O–H groups in total. The van der Waals surface area contributed by atoms with Crippen molar-refractivity contribution in [3.05, 3.63) is 21.3 Å². The summed E-state index contributed by atoms with van der Waals surface area (Å²) in [7, 11) is 0. The summed E-state index contributed by atoms with van der Waals surface area (Å²) in [6.07, 6.45) is 3.40. The van der Waals surface area contributed by atoms with Gasteiger partial charge in [0.05, 0.1) is 12.2 Å². The zero-order chi connectivity index (χ0) is 13.8. The number of ether oxygens (including phenoxy) is 2. The van der Waals surface area contributed by atoms with Gasteiger partial charge in [0, 0.05) is 0 Å². The van der Waals surface area contributed by atoms with Crippen molar-refractivity contribution in [2.24, 2.45) is 0 Å². The highest BCUT2D eigenvalue weighted by molar-refractivity contribution is 14.2. The van der Waals surface area contributed by atoms with Crippen molar-refractivity contribution in [2.45, 2.75) is 33.3 Å². The molecule has 0 bridgehead atoms. The zero-order valence-corrected chi connectivity index (χ0v) is 13.1. The van der Waals surface area contributed by atoms with Crippen LogP contribution in [0.5, 0.6) is 0 Å². The first kappa shape index (κ1) is 15.1. The number of esters is 2. The van der Waals surface area contributed by atoms with Crippen LogP contribution in [-0.4, -0.2) is 28.2 Å². The molecule has 0 aromatic rings. The van der Waals surface area contributed by atoms with Crippen LogP contribution in [0.2, 0.25) is 0 Å². The summed E-state index contributed by atoms with van der Waals surface area (Å²) in [5.41, 5.74) is -0.226. The molecule has 0 unspecified atom stereocenters. The molecule has 0 amide bonds. The number of allylic oxidation sites excluding steroid dienone is 1. The second-order valence-corrected chi connectivity index (χ2v) is 6.96. The Balaban J connectivity index is 3.01. The minimum Gasteiger partial charge on any atom is -0.462 e. The van der Waals surface area contributed by atoms with Crippen LogP contribution in [0.25, 0.3) is 0 Å². The summed E-state index contributed by atoms with van der Waals surface area (Å²) in [6.45, 7) is 7.43. The molecular weight excluding hydrogens is 347 g/mol. The summed E-state index contributed by atoms with van der Waals surface area (Å²) in [5, 5.41) is 0. The molecule has 18 heavy (non-hydrogen) atoms. The standard InChI is InChI=1S/C13H17IO4/c1-5-17-11(15)9-7-6-8-14-10(9)12(16)18-13(2,3)4/h6-8H,5H2,1-4H3. The largest absolute Gasteiger partial charge is 0.462 e. The van der Waals surface area contributed by atoms with Gasteiger partial charge < -0.3 is 9.47 Å². The molecule has 0 aliphatic carbocycles. The summed E-state index contributed by atoms with van der Waals surface area (Å²) in [4.78, 5) is 23.8. The van der Waals surface area contributed by atoms with Gasteiger partial charge in [0.25, 0.3) is 0 Å². The minimum atomic E-state index is -0.639. The molecule has 0 atom stereocenters. The molecule has 0 aromatic heterocycles. The lowest BCUT2D eigenvalue weighted by molar-refractivity contribution is -0.149. The van der Waals surface area contributed by atoms with Crippen LogP contribution in [0.3, 0.4) is 0 Å². The van der Waals surface area contributed by atoms with Gasteiger partial charge in [-0.2, -0.15) is 0 Å². The van der Waals surface area contributed by atoms with Crippen molar-refractivity contribution >= 4 is 36.7 Å². The number of halogens is 1. The fourth-order valence-corrected chi connectivity index (χ4v) is 3.08. The number of hydrogen-bond acceptors (Lipinski definition) is 4. The lowest BCUT2D eigenvalue weighted by Gasteiger charge is -2.20. The number of hydrogen-bond donors (Lipinski definition) is 0. The maximum atomic E-state index is 12.0. The van der Waals surface area contributed by atoms with Crippen molar-refractivity contribution in [1.29, 1.82) is 0 Å². The lowest BCUT2D eigenvalue weighted by Crippen LogP contribution is -2.25. The Bertz CT molecular complexity index is 438. The zero-order valence-electron chi connectivity index (χ0n) is 11.0. The molecule has 1 rings (SSSR count). The molecule has 5 heteroatoms. The molecule has 4 nitrogen and oxygen atoms in total. The first-order valence-corrected chi connectivity index (χ1v) is 7.95. The van der Waals surface area contributed by atoms with E-state index in [1.54, 1.807) is 39.8 Å². The van der Waals surface area contributed by atoms with E-state index in [4.69, 9.17) is 9.47 Å². The van der Waals surface area contributed by atoms with Gasteiger partial charge in [0.15, 0.2) is 0 Å². The Kier molecular flexibility index (Phi) is 5.25. The SMILES string of the molecule is CCOC(=O)C1=C(C(=O)OC(C)(C)C)I=CC=C1. The molecule has 1 heterocycles. The predicted molar refractivity (Wildman–Crippen MR) is 78.7 cm³/mol. The van der Waals surface area contributed by atoms with Crippen LogP contribution in [0.15, 0.2) is 21.3 Å². The van der Waals surface area contributed by atoms with Crippen LogP contribution >= 0.6 is 20.7 Å².